The summed E-state index contributed by atoms with van der Waals surface area (Å²) in [5, 5.41) is 9.54. The smallest absolute Gasteiger partial charge is 0.275 e. The average Bonchev–Trinajstić information content (AvgIpc) is 3.01. The van der Waals surface area contributed by atoms with Gasteiger partial charge in [-0.05, 0) is 31.2 Å². The largest absolute Gasteiger partial charge is 0.378 e. The molecule has 3 aromatic rings. The molecule has 0 bridgehead atoms. The van der Waals surface area contributed by atoms with Crippen LogP contribution in [0.4, 0.5) is 23.0 Å². The topological polar surface area (TPSA) is 96.2 Å². The second-order valence-electron chi connectivity index (χ2n) is 5.63. The van der Waals surface area contributed by atoms with Crippen LogP contribution in [-0.4, -0.2) is 35.1 Å². The van der Waals surface area contributed by atoms with Crippen LogP contribution in [0.5, 0.6) is 0 Å². The maximum atomic E-state index is 12.2. The number of aryl methyl sites for hydroxylation is 1. The summed E-state index contributed by atoms with van der Waals surface area (Å²) in [6.45, 7) is 1.79. The Bertz CT molecular complexity index is 856. The molecule has 0 aliphatic heterocycles. The third-order valence-corrected chi connectivity index (χ3v) is 3.41. The number of aromatic nitrogens is 3. The van der Waals surface area contributed by atoms with E-state index in [2.05, 4.69) is 25.8 Å². The van der Waals surface area contributed by atoms with E-state index in [1.54, 1.807) is 13.0 Å². The summed E-state index contributed by atoms with van der Waals surface area (Å²) in [6, 6.07) is 9.26. The number of hydrogen-bond acceptors (Lipinski definition) is 7. The van der Waals surface area contributed by atoms with Crippen molar-refractivity contribution in [3.63, 3.8) is 0 Å². The zero-order valence-corrected chi connectivity index (χ0v) is 14.1. The summed E-state index contributed by atoms with van der Waals surface area (Å²) in [5.41, 5.74) is 1.97. The fraction of sp³-hybridized carbons (Fsp3) is 0.176. The van der Waals surface area contributed by atoms with Crippen LogP contribution in [0.3, 0.4) is 0 Å². The van der Waals surface area contributed by atoms with Gasteiger partial charge in [-0.2, -0.15) is 0 Å². The molecule has 0 unspecified atom stereocenters. The second-order valence-corrected chi connectivity index (χ2v) is 5.63. The van der Waals surface area contributed by atoms with Crippen molar-refractivity contribution in [1.29, 1.82) is 0 Å². The maximum absolute atomic E-state index is 12.2. The zero-order valence-electron chi connectivity index (χ0n) is 14.1. The summed E-state index contributed by atoms with van der Waals surface area (Å²) in [4.78, 5) is 22.5. The summed E-state index contributed by atoms with van der Waals surface area (Å²) < 4.78 is 4.96. The van der Waals surface area contributed by atoms with Gasteiger partial charge in [-0.15, -0.1) is 0 Å². The quantitative estimate of drug-likeness (QED) is 0.738. The summed E-state index contributed by atoms with van der Waals surface area (Å²) >= 11 is 0. The Kier molecular flexibility index (Phi) is 4.60. The molecule has 2 N–H and O–H groups in total. The molecule has 25 heavy (non-hydrogen) atoms. The lowest BCUT2D eigenvalue weighted by Crippen LogP contribution is -2.14. The van der Waals surface area contributed by atoms with Crippen molar-refractivity contribution in [2.45, 2.75) is 6.92 Å². The first-order valence-electron chi connectivity index (χ1n) is 7.62. The molecule has 1 amide bonds. The number of rotatable bonds is 5. The Morgan fingerprint density at radius 2 is 1.84 bits per heavy atom. The SMILES string of the molecule is Cc1cc(Nc2cnc(C(=O)Nc3ccc(N(C)C)cc3)cn2)no1. The van der Waals surface area contributed by atoms with Gasteiger partial charge in [-0.1, -0.05) is 5.16 Å². The Labute approximate surface area is 144 Å². The summed E-state index contributed by atoms with van der Waals surface area (Å²) in [7, 11) is 3.91. The highest BCUT2D eigenvalue weighted by molar-refractivity contribution is 6.02. The van der Waals surface area contributed by atoms with Crippen molar-refractivity contribution in [2.75, 3.05) is 29.6 Å². The van der Waals surface area contributed by atoms with Gasteiger partial charge in [0.15, 0.2) is 5.82 Å². The van der Waals surface area contributed by atoms with E-state index in [9.17, 15) is 4.79 Å². The number of anilines is 4. The van der Waals surface area contributed by atoms with Gasteiger partial charge in [0.1, 0.15) is 17.3 Å². The number of nitrogens with one attached hydrogen (secondary N) is 2. The molecule has 0 aliphatic carbocycles. The highest BCUT2D eigenvalue weighted by Crippen LogP contribution is 2.17. The van der Waals surface area contributed by atoms with E-state index < -0.39 is 0 Å². The lowest BCUT2D eigenvalue weighted by molar-refractivity contribution is 0.102. The first-order valence-corrected chi connectivity index (χ1v) is 7.62. The predicted molar refractivity (Wildman–Crippen MR) is 95.3 cm³/mol. The molecule has 2 aromatic heterocycles. The number of nitrogens with zero attached hydrogens (tertiary/aromatic N) is 4. The molecule has 128 valence electrons. The molecule has 0 aliphatic rings. The van der Waals surface area contributed by atoms with E-state index in [4.69, 9.17) is 4.52 Å². The normalized spacial score (nSPS) is 10.4. The van der Waals surface area contributed by atoms with Crippen molar-refractivity contribution < 1.29 is 9.32 Å². The molecular formula is C17H18N6O2. The van der Waals surface area contributed by atoms with E-state index in [0.717, 1.165) is 5.69 Å². The van der Waals surface area contributed by atoms with Gasteiger partial charge >= 0.3 is 0 Å². The standard InChI is InChI=1S/C17H18N6O2/c1-11-8-15(22-25-11)21-16-10-18-14(9-19-16)17(24)20-12-4-6-13(7-5-12)23(2)3/h4-10H,1-3H3,(H,20,24)(H,19,21,22). The fourth-order valence-electron chi connectivity index (χ4n) is 2.10. The van der Waals surface area contributed by atoms with E-state index in [-0.39, 0.29) is 11.6 Å². The van der Waals surface area contributed by atoms with Gasteiger partial charge in [-0.3, -0.25) is 4.79 Å². The van der Waals surface area contributed by atoms with Gasteiger partial charge in [-0.25, -0.2) is 9.97 Å². The van der Waals surface area contributed by atoms with Gasteiger partial charge < -0.3 is 20.1 Å². The Morgan fingerprint density at radius 1 is 1.08 bits per heavy atom. The molecule has 0 spiro atoms. The highest BCUT2D eigenvalue weighted by Gasteiger charge is 2.09. The van der Waals surface area contributed by atoms with Crippen LogP contribution in [0.2, 0.25) is 0 Å². The molecule has 8 nitrogen and oxygen atoms in total. The summed E-state index contributed by atoms with van der Waals surface area (Å²) in [5.74, 6) is 1.37. The predicted octanol–water partition coefficient (Wildman–Crippen LogP) is 2.83. The minimum atomic E-state index is -0.325. The maximum Gasteiger partial charge on any atom is 0.275 e. The van der Waals surface area contributed by atoms with Crippen LogP contribution >= 0.6 is 0 Å². The van der Waals surface area contributed by atoms with Crippen molar-refractivity contribution >= 4 is 28.9 Å². The molecule has 2 heterocycles. The van der Waals surface area contributed by atoms with Gasteiger partial charge in [0, 0.05) is 31.5 Å². The van der Waals surface area contributed by atoms with Crippen molar-refractivity contribution in [3.05, 3.63) is 54.2 Å². The number of carbonyl (C=O) groups excluding carboxylic acids is 1. The van der Waals surface area contributed by atoms with Gasteiger partial charge in [0.25, 0.3) is 5.91 Å². The van der Waals surface area contributed by atoms with Crippen molar-refractivity contribution in [2.24, 2.45) is 0 Å². The van der Waals surface area contributed by atoms with Crippen LogP contribution in [-0.2, 0) is 0 Å². The third kappa shape index (κ3) is 4.11. The average molecular weight is 338 g/mol. The minimum absolute atomic E-state index is 0.221. The molecule has 0 saturated carbocycles. The second kappa shape index (κ2) is 7.00. The van der Waals surface area contributed by atoms with Crippen LogP contribution in [0.15, 0.2) is 47.2 Å². The fourth-order valence-corrected chi connectivity index (χ4v) is 2.10. The van der Waals surface area contributed by atoms with Crippen LogP contribution < -0.4 is 15.5 Å². The Balaban J connectivity index is 1.64. The van der Waals surface area contributed by atoms with E-state index >= 15 is 0 Å². The number of benzene rings is 1. The van der Waals surface area contributed by atoms with Crippen molar-refractivity contribution in [1.82, 2.24) is 15.1 Å². The number of carbonyl (C=O) groups is 1. The Morgan fingerprint density at radius 3 is 2.40 bits per heavy atom. The third-order valence-electron chi connectivity index (χ3n) is 3.41. The molecule has 1 aromatic carbocycles. The Hall–Kier alpha value is -3.42. The number of hydrogen-bond donors (Lipinski definition) is 2. The molecule has 0 radical (unpaired) electrons. The van der Waals surface area contributed by atoms with Crippen LogP contribution in [0.25, 0.3) is 0 Å². The molecule has 0 fully saturated rings. The lowest BCUT2D eigenvalue weighted by Gasteiger charge is -2.13. The zero-order chi connectivity index (χ0) is 17.8. The molecule has 3 rings (SSSR count). The minimum Gasteiger partial charge on any atom is -0.378 e. The molecule has 0 saturated heterocycles. The van der Waals surface area contributed by atoms with Gasteiger partial charge in [0.2, 0.25) is 0 Å². The van der Waals surface area contributed by atoms with E-state index in [0.29, 0.717) is 23.1 Å². The van der Waals surface area contributed by atoms with E-state index in [1.165, 1.54) is 12.4 Å². The monoisotopic (exact) mass is 338 g/mol. The molecule has 8 heteroatoms. The van der Waals surface area contributed by atoms with Crippen molar-refractivity contribution in [3.8, 4) is 0 Å². The first-order chi connectivity index (χ1) is 12.0. The molecular weight excluding hydrogens is 320 g/mol. The van der Waals surface area contributed by atoms with Crippen LogP contribution in [0.1, 0.15) is 16.2 Å². The van der Waals surface area contributed by atoms with Crippen LogP contribution in [0, 0.1) is 6.92 Å². The summed E-state index contributed by atoms with van der Waals surface area (Å²) in [6.07, 6.45) is 2.87. The lowest BCUT2D eigenvalue weighted by atomic mass is 10.2. The highest BCUT2D eigenvalue weighted by atomic mass is 16.5. The van der Waals surface area contributed by atoms with E-state index in [1.807, 2.05) is 43.3 Å². The van der Waals surface area contributed by atoms with Gasteiger partial charge in [0.05, 0.1) is 12.4 Å². The number of amides is 1. The first kappa shape index (κ1) is 16.4. The molecule has 0 atom stereocenters.